The normalized spacial score (nSPS) is 24.8. The van der Waals surface area contributed by atoms with Crippen molar-refractivity contribution in [1.82, 2.24) is 14.7 Å². The maximum Gasteiger partial charge on any atom is 0.274 e. The lowest BCUT2D eigenvalue weighted by Crippen LogP contribution is -2.50. The van der Waals surface area contributed by atoms with Gasteiger partial charge in [0, 0.05) is 18.4 Å². The van der Waals surface area contributed by atoms with Gasteiger partial charge < -0.3 is 4.90 Å². The van der Waals surface area contributed by atoms with Crippen LogP contribution in [0.25, 0.3) is 10.8 Å². The first kappa shape index (κ1) is 15.8. The van der Waals surface area contributed by atoms with Crippen molar-refractivity contribution in [2.45, 2.75) is 25.3 Å². The van der Waals surface area contributed by atoms with Crippen molar-refractivity contribution in [3.8, 4) is 0 Å². The molecule has 6 rings (SSSR count). The standard InChI is InChI=1S/C22H23N3O/c26-22-19-9-5-4-8-18(19)20(14-16-6-2-1-3-7-16)23-25(22)21-15-24-12-10-17(21)11-13-24/h1-9,17,21H,10-15H2. The van der Waals surface area contributed by atoms with Gasteiger partial charge in [-0.1, -0.05) is 48.5 Å². The molecule has 2 bridgehead atoms. The van der Waals surface area contributed by atoms with Crippen LogP contribution in [0.5, 0.6) is 0 Å². The summed E-state index contributed by atoms with van der Waals surface area (Å²) in [5.74, 6) is 0.580. The molecule has 3 aliphatic rings. The zero-order chi connectivity index (χ0) is 17.5. The van der Waals surface area contributed by atoms with Crippen LogP contribution in [0.2, 0.25) is 0 Å². The van der Waals surface area contributed by atoms with Crippen molar-refractivity contribution in [2.75, 3.05) is 19.6 Å². The van der Waals surface area contributed by atoms with Gasteiger partial charge >= 0.3 is 0 Å². The predicted molar refractivity (Wildman–Crippen MR) is 103 cm³/mol. The highest BCUT2D eigenvalue weighted by atomic mass is 16.1. The molecule has 4 nitrogen and oxygen atoms in total. The highest BCUT2D eigenvalue weighted by Gasteiger charge is 2.36. The fourth-order valence-electron chi connectivity index (χ4n) is 4.63. The van der Waals surface area contributed by atoms with Crippen LogP contribution >= 0.6 is 0 Å². The number of nitrogens with zero attached hydrogens (tertiary/aromatic N) is 3. The van der Waals surface area contributed by atoms with Gasteiger partial charge in [-0.15, -0.1) is 0 Å². The van der Waals surface area contributed by atoms with Crippen LogP contribution in [0.3, 0.4) is 0 Å². The monoisotopic (exact) mass is 345 g/mol. The number of fused-ring (bicyclic) bond motifs is 4. The first-order valence-corrected chi connectivity index (χ1v) is 9.56. The van der Waals surface area contributed by atoms with Crippen LogP contribution in [0.4, 0.5) is 0 Å². The third kappa shape index (κ3) is 2.65. The Morgan fingerprint density at radius 3 is 2.31 bits per heavy atom. The first-order valence-electron chi connectivity index (χ1n) is 9.56. The summed E-state index contributed by atoms with van der Waals surface area (Å²) < 4.78 is 1.82. The minimum atomic E-state index is 0.0659. The molecule has 0 amide bonds. The third-order valence-electron chi connectivity index (χ3n) is 6.06. The zero-order valence-electron chi connectivity index (χ0n) is 14.8. The summed E-state index contributed by atoms with van der Waals surface area (Å²) in [6.45, 7) is 3.29. The van der Waals surface area contributed by atoms with Crippen LogP contribution in [-0.4, -0.2) is 34.3 Å². The molecule has 3 saturated heterocycles. The van der Waals surface area contributed by atoms with Crippen molar-refractivity contribution in [3.05, 3.63) is 76.2 Å². The van der Waals surface area contributed by atoms with Gasteiger partial charge in [0.25, 0.3) is 5.56 Å². The van der Waals surface area contributed by atoms with Crippen molar-refractivity contribution < 1.29 is 0 Å². The highest BCUT2D eigenvalue weighted by molar-refractivity contribution is 5.83. The number of hydrogen-bond acceptors (Lipinski definition) is 3. The molecule has 0 radical (unpaired) electrons. The largest absolute Gasteiger partial charge is 0.301 e. The molecule has 1 atom stereocenters. The minimum Gasteiger partial charge on any atom is -0.301 e. The fourth-order valence-corrected chi connectivity index (χ4v) is 4.63. The quantitative estimate of drug-likeness (QED) is 0.731. The number of piperidine rings is 3. The molecule has 3 aliphatic heterocycles. The van der Waals surface area contributed by atoms with E-state index in [1.165, 1.54) is 31.5 Å². The molecule has 4 heteroatoms. The maximum absolute atomic E-state index is 13.2. The summed E-state index contributed by atoms with van der Waals surface area (Å²) in [6, 6.07) is 18.5. The lowest BCUT2D eigenvalue weighted by molar-refractivity contribution is 0.0489. The van der Waals surface area contributed by atoms with E-state index in [4.69, 9.17) is 5.10 Å². The summed E-state index contributed by atoms with van der Waals surface area (Å²) in [7, 11) is 0. The Balaban J connectivity index is 1.65. The molecule has 3 aromatic rings. The Bertz CT molecular complexity index is 987. The van der Waals surface area contributed by atoms with E-state index in [2.05, 4.69) is 29.2 Å². The molecule has 2 aromatic carbocycles. The highest BCUT2D eigenvalue weighted by Crippen LogP contribution is 2.34. The maximum atomic E-state index is 13.2. The van der Waals surface area contributed by atoms with Crippen LogP contribution in [0, 0.1) is 5.92 Å². The van der Waals surface area contributed by atoms with E-state index in [9.17, 15) is 4.79 Å². The second-order valence-electron chi connectivity index (χ2n) is 7.61. The molecule has 0 spiro atoms. The van der Waals surface area contributed by atoms with Crippen molar-refractivity contribution in [3.63, 3.8) is 0 Å². The molecule has 1 aromatic heterocycles. The molecule has 0 aliphatic carbocycles. The molecule has 132 valence electrons. The zero-order valence-corrected chi connectivity index (χ0v) is 14.8. The summed E-state index contributed by atoms with van der Waals surface area (Å²) >= 11 is 0. The predicted octanol–water partition coefficient (Wildman–Crippen LogP) is 3.25. The Hall–Kier alpha value is -2.46. The first-order chi connectivity index (χ1) is 12.8. The lowest BCUT2D eigenvalue weighted by Gasteiger charge is -2.44. The lowest BCUT2D eigenvalue weighted by atomic mass is 9.84. The Labute approximate surface area is 153 Å². The topological polar surface area (TPSA) is 38.1 Å². The third-order valence-corrected chi connectivity index (χ3v) is 6.06. The van der Waals surface area contributed by atoms with E-state index in [1.807, 2.05) is 35.0 Å². The van der Waals surface area contributed by atoms with Gasteiger partial charge in [-0.3, -0.25) is 4.79 Å². The molecule has 26 heavy (non-hydrogen) atoms. The second kappa shape index (κ2) is 6.36. The molecule has 4 heterocycles. The molecule has 1 unspecified atom stereocenters. The van der Waals surface area contributed by atoms with Crippen LogP contribution in [0.15, 0.2) is 59.4 Å². The van der Waals surface area contributed by atoms with Gasteiger partial charge in [-0.05, 0) is 43.5 Å². The van der Waals surface area contributed by atoms with Crippen molar-refractivity contribution >= 4 is 10.8 Å². The van der Waals surface area contributed by atoms with Gasteiger partial charge in [-0.2, -0.15) is 5.10 Å². The number of aromatic nitrogens is 2. The van der Waals surface area contributed by atoms with Crippen LogP contribution in [-0.2, 0) is 6.42 Å². The second-order valence-corrected chi connectivity index (χ2v) is 7.61. The Morgan fingerprint density at radius 1 is 0.923 bits per heavy atom. The molecule has 3 fully saturated rings. The summed E-state index contributed by atoms with van der Waals surface area (Å²) in [6.07, 6.45) is 3.11. The van der Waals surface area contributed by atoms with E-state index in [0.717, 1.165) is 29.4 Å². The van der Waals surface area contributed by atoms with Gasteiger partial charge in [-0.25, -0.2) is 4.68 Å². The van der Waals surface area contributed by atoms with Crippen molar-refractivity contribution in [2.24, 2.45) is 5.92 Å². The Kier molecular flexibility index (Phi) is 3.86. The average Bonchev–Trinajstić information content (AvgIpc) is 2.72. The molecule has 0 N–H and O–H groups in total. The van der Waals surface area contributed by atoms with Crippen LogP contribution in [0.1, 0.15) is 30.1 Å². The summed E-state index contributed by atoms with van der Waals surface area (Å²) in [5, 5.41) is 6.70. The van der Waals surface area contributed by atoms with Gasteiger partial charge in [0.2, 0.25) is 0 Å². The molecule has 0 saturated carbocycles. The SMILES string of the molecule is O=c1c2ccccc2c(Cc2ccccc2)nn1C1CN2CCC1CC2. The molecular formula is C22H23N3O. The summed E-state index contributed by atoms with van der Waals surface area (Å²) in [5.41, 5.74) is 2.29. The van der Waals surface area contributed by atoms with Crippen molar-refractivity contribution in [1.29, 1.82) is 0 Å². The van der Waals surface area contributed by atoms with Crippen LogP contribution < -0.4 is 5.56 Å². The number of benzene rings is 2. The smallest absolute Gasteiger partial charge is 0.274 e. The molecular weight excluding hydrogens is 322 g/mol. The minimum absolute atomic E-state index is 0.0659. The van der Waals surface area contributed by atoms with E-state index in [0.29, 0.717) is 5.92 Å². The van der Waals surface area contributed by atoms with E-state index >= 15 is 0 Å². The fraction of sp³-hybridized carbons (Fsp3) is 0.364. The van der Waals surface area contributed by atoms with E-state index in [-0.39, 0.29) is 11.6 Å². The number of hydrogen-bond donors (Lipinski definition) is 0. The Morgan fingerprint density at radius 2 is 1.62 bits per heavy atom. The van der Waals surface area contributed by atoms with Gasteiger partial charge in [0.15, 0.2) is 0 Å². The van der Waals surface area contributed by atoms with Gasteiger partial charge in [0.1, 0.15) is 0 Å². The van der Waals surface area contributed by atoms with E-state index in [1.54, 1.807) is 0 Å². The van der Waals surface area contributed by atoms with Gasteiger partial charge in [0.05, 0.1) is 17.1 Å². The average molecular weight is 345 g/mol. The number of rotatable bonds is 3. The van der Waals surface area contributed by atoms with E-state index < -0.39 is 0 Å². The summed E-state index contributed by atoms with van der Waals surface area (Å²) in [4.78, 5) is 15.7.